The average molecular weight is 253 g/mol. The summed E-state index contributed by atoms with van der Waals surface area (Å²) in [4.78, 5) is 30.5. The number of carbonyl (C=O) groups excluding carboxylic acids is 2. The van der Waals surface area contributed by atoms with Gasteiger partial charge in [0.1, 0.15) is 0 Å². The molecule has 0 bridgehead atoms. The number of thioether (sulfide) groups is 1. The lowest BCUT2D eigenvalue weighted by atomic mass is 10.1. The van der Waals surface area contributed by atoms with Crippen LogP contribution in [0.2, 0.25) is 0 Å². The monoisotopic (exact) mass is 253 g/mol. The van der Waals surface area contributed by atoms with Crippen molar-refractivity contribution < 1.29 is 9.59 Å². The molecule has 5 nitrogen and oxygen atoms in total. The van der Waals surface area contributed by atoms with Gasteiger partial charge in [0.05, 0.1) is 10.8 Å². The number of aliphatic imine (C=N–C) groups is 2. The molecule has 1 heterocycles. The first kappa shape index (κ1) is 12.3. The fourth-order valence-corrected chi connectivity index (χ4v) is 3.05. The van der Waals surface area contributed by atoms with Crippen molar-refractivity contribution >= 4 is 34.5 Å². The van der Waals surface area contributed by atoms with E-state index in [0.29, 0.717) is 12.3 Å². The first-order chi connectivity index (χ1) is 8.20. The number of hydrogen-bond acceptors (Lipinski definition) is 3. The van der Waals surface area contributed by atoms with Gasteiger partial charge in [0.2, 0.25) is 5.91 Å². The molecule has 1 unspecified atom stereocenters. The Morgan fingerprint density at radius 1 is 1.53 bits per heavy atom. The van der Waals surface area contributed by atoms with E-state index in [1.807, 2.05) is 6.92 Å². The number of nitrogens with one attached hydrogen (secondary N) is 1. The maximum Gasteiger partial charge on any atom is 0.367 e. The van der Waals surface area contributed by atoms with Gasteiger partial charge in [0.15, 0.2) is 0 Å². The predicted molar refractivity (Wildman–Crippen MR) is 68.7 cm³/mol. The van der Waals surface area contributed by atoms with Gasteiger partial charge in [-0.2, -0.15) is 4.99 Å². The van der Waals surface area contributed by atoms with Gasteiger partial charge in [-0.05, 0) is 26.2 Å². The number of amides is 3. The minimum absolute atomic E-state index is 0.0188. The highest BCUT2D eigenvalue weighted by Gasteiger charge is 2.32. The van der Waals surface area contributed by atoms with Crippen molar-refractivity contribution in [2.45, 2.75) is 26.2 Å². The number of carbonyl (C=O) groups is 2. The molecular weight excluding hydrogens is 238 g/mol. The molecule has 0 aromatic rings. The second kappa shape index (κ2) is 5.44. The average Bonchev–Trinajstić information content (AvgIpc) is 2.74. The second-order valence-corrected chi connectivity index (χ2v) is 5.02. The van der Waals surface area contributed by atoms with Gasteiger partial charge in [-0.15, -0.1) is 11.8 Å². The normalized spacial score (nSPS) is 22.9. The molecule has 0 spiro atoms. The van der Waals surface area contributed by atoms with Crippen molar-refractivity contribution in [2.75, 3.05) is 12.3 Å². The quantitative estimate of drug-likeness (QED) is 0.831. The van der Waals surface area contributed by atoms with Crippen LogP contribution in [0.15, 0.2) is 9.98 Å². The molecular formula is C11H15N3O2S. The van der Waals surface area contributed by atoms with Crippen LogP contribution in [0.1, 0.15) is 26.2 Å². The molecule has 0 saturated heterocycles. The molecule has 92 valence electrons. The van der Waals surface area contributed by atoms with E-state index >= 15 is 0 Å². The lowest BCUT2D eigenvalue weighted by Gasteiger charge is -2.16. The number of hydrogen-bond donors (Lipinski definition) is 1. The Balaban J connectivity index is 1.96. The van der Waals surface area contributed by atoms with Gasteiger partial charge < -0.3 is 5.32 Å². The van der Waals surface area contributed by atoms with Crippen LogP contribution >= 0.6 is 11.8 Å². The van der Waals surface area contributed by atoms with E-state index in [9.17, 15) is 9.59 Å². The lowest BCUT2D eigenvalue weighted by Crippen LogP contribution is -2.28. The van der Waals surface area contributed by atoms with Crippen molar-refractivity contribution in [1.82, 2.24) is 5.32 Å². The summed E-state index contributed by atoms with van der Waals surface area (Å²) in [6.07, 6.45) is 2.93. The maximum atomic E-state index is 11.4. The summed E-state index contributed by atoms with van der Waals surface area (Å²) in [6, 6.07) is -0.420. The van der Waals surface area contributed by atoms with Crippen molar-refractivity contribution in [3.63, 3.8) is 0 Å². The van der Waals surface area contributed by atoms with Crippen molar-refractivity contribution in [3.8, 4) is 0 Å². The highest BCUT2D eigenvalue weighted by molar-refractivity contribution is 8.14. The second-order valence-electron chi connectivity index (χ2n) is 4.02. The first-order valence-electron chi connectivity index (χ1n) is 5.80. The van der Waals surface area contributed by atoms with Crippen LogP contribution in [-0.4, -0.2) is 35.0 Å². The summed E-state index contributed by atoms with van der Waals surface area (Å²) in [7, 11) is 0. The topological polar surface area (TPSA) is 70.9 Å². The predicted octanol–water partition coefficient (Wildman–Crippen LogP) is 1.63. The van der Waals surface area contributed by atoms with Crippen molar-refractivity contribution in [1.29, 1.82) is 0 Å². The number of fused-ring (bicyclic) bond motifs is 1. The number of nitrogens with zero attached hydrogens (tertiary/aromatic N) is 2. The molecule has 3 amide bonds. The van der Waals surface area contributed by atoms with Crippen LogP contribution in [0.25, 0.3) is 0 Å². The Bertz CT molecular complexity index is 404. The molecule has 6 heteroatoms. The summed E-state index contributed by atoms with van der Waals surface area (Å²) in [5, 5.41) is 3.49. The summed E-state index contributed by atoms with van der Waals surface area (Å²) in [6.45, 7) is 2.51. The van der Waals surface area contributed by atoms with Gasteiger partial charge in [0.25, 0.3) is 0 Å². The maximum absolute atomic E-state index is 11.4. The standard InChI is InChI=1S/C11H15N3O2S/c1-2-12-9(15)6-17-10-7-4-3-5-8(7)13-11(16)14-10/h7H,2-6H2,1H3,(H,12,15). The molecule has 1 saturated carbocycles. The molecule has 0 aromatic carbocycles. The van der Waals surface area contributed by atoms with E-state index in [-0.39, 0.29) is 11.8 Å². The molecule has 1 aliphatic carbocycles. The van der Waals surface area contributed by atoms with E-state index in [1.54, 1.807) is 0 Å². The zero-order chi connectivity index (χ0) is 12.3. The van der Waals surface area contributed by atoms with Gasteiger partial charge in [-0.25, -0.2) is 9.79 Å². The van der Waals surface area contributed by atoms with E-state index in [2.05, 4.69) is 15.3 Å². The van der Waals surface area contributed by atoms with E-state index in [0.717, 1.165) is 30.0 Å². The summed E-state index contributed by atoms with van der Waals surface area (Å²) in [5.74, 6) is 0.492. The molecule has 0 radical (unpaired) electrons. The summed E-state index contributed by atoms with van der Waals surface area (Å²) in [5.41, 5.74) is 0.948. The van der Waals surface area contributed by atoms with Gasteiger partial charge in [-0.1, -0.05) is 0 Å². The largest absolute Gasteiger partial charge is 0.367 e. The lowest BCUT2D eigenvalue weighted by molar-refractivity contribution is -0.118. The summed E-state index contributed by atoms with van der Waals surface area (Å²) < 4.78 is 0. The van der Waals surface area contributed by atoms with Gasteiger partial charge in [0, 0.05) is 18.2 Å². The van der Waals surface area contributed by atoms with E-state index in [1.165, 1.54) is 11.8 Å². The zero-order valence-corrected chi connectivity index (χ0v) is 10.5. The highest BCUT2D eigenvalue weighted by Crippen LogP contribution is 2.31. The minimum Gasteiger partial charge on any atom is -0.356 e. The SMILES string of the molecule is CCNC(=O)CSC1=NC(=O)N=C2CCCC21. The Morgan fingerprint density at radius 3 is 3.12 bits per heavy atom. The molecule has 1 N–H and O–H groups in total. The molecule has 2 aliphatic rings. The highest BCUT2D eigenvalue weighted by atomic mass is 32.2. The molecule has 1 fully saturated rings. The van der Waals surface area contributed by atoms with Crippen molar-refractivity contribution in [2.24, 2.45) is 15.9 Å². The van der Waals surface area contributed by atoms with Gasteiger partial charge in [-0.3, -0.25) is 4.79 Å². The molecule has 1 aliphatic heterocycles. The number of urea groups is 1. The van der Waals surface area contributed by atoms with E-state index < -0.39 is 6.03 Å². The van der Waals surface area contributed by atoms with E-state index in [4.69, 9.17) is 0 Å². The number of rotatable bonds is 3. The Labute approximate surface area is 104 Å². The minimum atomic E-state index is -0.420. The Morgan fingerprint density at radius 2 is 2.35 bits per heavy atom. The van der Waals surface area contributed by atoms with Crippen LogP contribution in [0.5, 0.6) is 0 Å². The van der Waals surface area contributed by atoms with Crippen LogP contribution in [-0.2, 0) is 4.79 Å². The fraction of sp³-hybridized carbons (Fsp3) is 0.636. The fourth-order valence-electron chi connectivity index (χ4n) is 2.07. The van der Waals surface area contributed by atoms with Crippen LogP contribution in [0, 0.1) is 5.92 Å². The molecule has 0 aromatic heterocycles. The smallest absolute Gasteiger partial charge is 0.356 e. The third-order valence-corrected chi connectivity index (χ3v) is 3.87. The third kappa shape index (κ3) is 2.94. The van der Waals surface area contributed by atoms with Crippen LogP contribution < -0.4 is 5.32 Å². The van der Waals surface area contributed by atoms with Crippen LogP contribution in [0.4, 0.5) is 4.79 Å². The molecule has 17 heavy (non-hydrogen) atoms. The zero-order valence-electron chi connectivity index (χ0n) is 9.73. The molecule has 2 rings (SSSR count). The Hall–Kier alpha value is -1.17. The van der Waals surface area contributed by atoms with Crippen molar-refractivity contribution in [3.05, 3.63) is 0 Å². The molecule has 1 atom stereocenters. The Kier molecular flexibility index (Phi) is 3.93. The van der Waals surface area contributed by atoms with Crippen LogP contribution in [0.3, 0.4) is 0 Å². The first-order valence-corrected chi connectivity index (χ1v) is 6.78. The van der Waals surface area contributed by atoms with Gasteiger partial charge >= 0.3 is 6.03 Å². The third-order valence-electron chi connectivity index (χ3n) is 2.80. The summed E-state index contributed by atoms with van der Waals surface area (Å²) >= 11 is 1.36.